The zero-order valence-corrected chi connectivity index (χ0v) is 13.9. The minimum Gasteiger partial charge on any atom is -0.505 e. The first-order valence-corrected chi connectivity index (χ1v) is 8.88. The quantitative estimate of drug-likeness (QED) is 0.588. The molecule has 1 aliphatic rings. The monoisotopic (exact) mass is 325 g/mol. The lowest BCUT2D eigenvalue weighted by atomic mass is 9.95. The Balaban J connectivity index is 1.85. The highest BCUT2D eigenvalue weighted by molar-refractivity contribution is 7.99. The lowest BCUT2D eigenvalue weighted by Gasteiger charge is -2.29. The number of phenolic OH excluding ortho intramolecular Hbond substituents is 1. The summed E-state index contributed by atoms with van der Waals surface area (Å²) in [5, 5.41) is 16.6. The number of aromatic hydroxyl groups is 1. The van der Waals surface area contributed by atoms with Crippen molar-refractivity contribution < 1.29 is 9.50 Å². The highest BCUT2D eigenvalue weighted by atomic mass is 32.2. The molecule has 2 unspecified atom stereocenters. The predicted octanol–water partition coefficient (Wildman–Crippen LogP) is 2.87. The van der Waals surface area contributed by atoms with Crippen LogP contribution in [0.1, 0.15) is 31.2 Å². The van der Waals surface area contributed by atoms with E-state index in [0.29, 0.717) is 12.6 Å². The Morgan fingerprint density at radius 3 is 2.95 bits per heavy atom. The van der Waals surface area contributed by atoms with Gasteiger partial charge in [0, 0.05) is 24.9 Å². The summed E-state index contributed by atoms with van der Waals surface area (Å²) in [4.78, 5) is 4.23. The Bertz CT molecular complexity index is 524. The van der Waals surface area contributed by atoms with Crippen molar-refractivity contribution in [2.24, 2.45) is 4.99 Å². The van der Waals surface area contributed by atoms with Gasteiger partial charge < -0.3 is 15.7 Å². The number of phenols is 1. The van der Waals surface area contributed by atoms with Crippen LogP contribution in [-0.2, 0) is 6.54 Å². The van der Waals surface area contributed by atoms with E-state index in [9.17, 15) is 9.50 Å². The zero-order chi connectivity index (χ0) is 15.9. The third-order valence-electron chi connectivity index (χ3n) is 4.00. The summed E-state index contributed by atoms with van der Waals surface area (Å²) in [6.07, 6.45) is 7.00. The molecule has 0 saturated heterocycles. The predicted molar refractivity (Wildman–Crippen MR) is 91.0 cm³/mol. The lowest BCUT2D eigenvalue weighted by molar-refractivity contribution is 0.419. The van der Waals surface area contributed by atoms with Crippen molar-refractivity contribution in [3.05, 3.63) is 29.6 Å². The van der Waals surface area contributed by atoms with E-state index in [-0.39, 0.29) is 5.75 Å². The summed E-state index contributed by atoms with van der Waals surface area (Å²) in [6.45, 7) is 0.468. The average Bonchev–Trinajstić information content (AvgIpc) is 2.54. The van der Waals surface area contributed by atoms with Crippen molar-refractivity contribution in [1.29, 1.82) is 0 Å². The molecule has 0 radical (unpaired) electrons. The second kappa shape index (κ2) is 8.27. The maximum absolute atomic E-state index is 13.3. The molecule has 22 heavy (non-hydrogen) atoms. The molecule has 3 N–H and O–H groups in total. The molecule has 0 spiro atoms. The van der Waals surface area contributed by atoms with Crippen molar-refractivity contribution in [3.63, 3.8) is 0 Å². The number of guanidine groups is 1. The Morgan fingerprint density at radius 1 is 1.45 bits per heavy atom. The molecule has 1 saturated carbocycles. The highest BCUT2D eigenvalue weighted by Gasteiger charge is 2.21. The first-order chi connectivity index (χ1) is 10.6. The zero-order valence-electron chi connectivity index (χ0n) is 13.1. The number of halogens is 1. The standard InChI is InChI=1S/C16H24FN3OS/c1-18-16(20-12-4-3-5-13(9-12)22-2)19-10-11-6-7-15(21)14(17)8-11/h6-8,12-13,21H,3-5,9-10H2,1-2H3,(H2,18,19,20). The van der Waals surface area contributed by atoms with Crippen molar-refractivity contribution in [1.82, 2.24) is 10.6 Å². The average molecular weight is 325 g/mol. The summed E-state index contributed by atoms with van der Waals surface area (Å²) in [5.41, 5.74) is 0.767. The van der Waals surface area contributed by atoms with Gasteiger partial charge in [-0.3, -0.25) is 4.99 Å². The van der Waals surface area contributed by atoms with Gasteiger partial charge in [0.2, 0.25) is 0 Å². The first kappa shape index (κ1) is 16.9. The van der Waals surface area contributed by atoms with Crippen molar-refractivity contribution in [2.45, 2.75) is 43.5 Å². The topological polar surface area (TPSA) is 56.7 Å². The fraction of sp³-hybridized carbons (Fsp3) is 0.562. The van der Waals surface area contributed by atoms with E-state index in [4.69, 9.17) is 0 Å². The second-order valence-electron chi connectivity index (χ2n) is 5.58. The van der Waals surface area contributed by atoms with Crippen molar-refractivity contribution >= 4 is 17.7 Å². The molecule has 4 nitrogen and oxygen atoms in total. The van der Waals surface area contributed by atoms with Crippen LogP contribution in [0.4, 0.5) is 4.39 Å². The summed E-state index contributed by atoms with van der Waals surface area (Å²) < 4.78 is 13.3. The van der Waals surface area contributed by atoms with Gasteiger partial charge in [-0.1, -0.05) is 12.5 Å². The van der Waals surface area contributed by atoms with Crippen LogP contribution < -0.4 is 10.6 Å². The van der Waals surface area contributed by atoms with E-state index >= 15 is 0 Å². The number of hydrogen-bond donors (Lipinski definition) is 3. The molecule has 0 aliphatic heterocycles. The van der Waals surface area contributed by atoms with Gasteiger partial charge in [-0.15, -0.1) is 0 Å². The van der Waals surface area contributed by atoms with Crippen LogP contribution in [0.15, 0.2) is 23.2 Å². The van der Waals surface area contributed by atoms with E-state index in [1.165, 1.54) is 25.0 Å². The summed E-state index contributed by atoms with van der Waals surface area (Å²) >= 11 is 1.93. The van der Waals surface area contributed by atoms with Gasteiger partial charge in [-0.2, -0.15) is 11.8 Å². The maximum Gasteiger partial charge on any atom is 0.191 e. The Hall–Kier alpha value is -1.43. The summed E-state index contributed by atoms with van der Waals surface area (Å²) in [6, 6.07) is 4.84. The largest absolute Gasteiger partial charge is 0.505 e. The van der Waals surface area contributed by atoms with Crippen LogP contribution in [-0.4, -0.2) is 35.7 Å². The molecule has 2 atom stereocenters. The molecule has 122 valence electrons. The molecule has 0 heterocycles. The summed E-state index contributed by atoms with van der Waals surface area (Å²) in [7, 11) is 1.74. The number of hydrogen-bond acceptors (Lipinski definition) is 3. The smallest absolute Gasteiger partial charge is 0.191 e. The van der Waals surface area contributed by atoms with Crippen LogP contribution in [0.5, 0.6) is 5.75 Å². The van der Waals surface area contributed by atoms with Gasteiger partial charge in [-0.05, 0) is 43.2 Å². The van der Waals surface area contributed by atoms with Gasteiger partial charge in [0.15, 0.2) is 17.5 Å². The van der Waals surface area contributed by atoms with Gasteiger partial charge in [-0.25, -0.2) is 4.39 Å². The van der Waals surface area contributed by atoms with E-state index in [1.807, 2.05) is 11.8 Å². The molecule has 0 bridgehead atoms. The van der Waals surface area contributed by atoms with E-state index in [2.05, 4.69) is 21.9 Å². The molecule has 0 aromatic heterocycles. The number of aliphatic imine (C=N–C) groups is 1. The van der Waals surface area contributed by atoms with E-state index in [1.54, 1.807) is 13.1 Å². The van der Waals surface area contributed by atoms with Crippen LogP contribution in [0, 0.1) is 5.82 Å². The molecular formula is C16H24FN3OS. The first-order valence-electron chi connectivity index (χ1n) is 7.59. The fourth-order valence-electron chi connectivity index (χ4n) is 2.72. The molecule has 2 rings (SSSR count). The Morgan fingerprint density at radius 2 is 2.27 bits per heavy atom. The van der Waals surface area contributed by atoms with Gasteiger partial charge in [0.05, 0.1) is 0 Å². The van der Waals surface area contributed by atoms with E-state index < -0.39 is 5.82 Å². The summed E-state index contributed by atoms with van der Waals surface area (Å²) in [5.74, 6) is -0.186. The van der Waals surface area contributed by atoms with Crippen molar-refractivity contribution in [3.8, 4) is 5.75 Å². The van der Waals surface area contributed by atoms with E-state index in [0.717, 1.165) is 29.6 Å². The number of rotatable bonds is 4. The Labute approximate surface area is 135 Å². The van der Waals surface area contributed by atoms with Gasteiger partial charge in [0.1, 0.15) is 0 Å². The molecule has 6 heteroatoms. The number of nitrogens with one attached hydrogen (secondary N) is 2. The molecule has 1 aliphatic carbocycles. The highest BCUT2D eigenvalue weighted by Crippen LogP contribution is 2.26. The second-order valence-corrected chi connectivity index (χ2v) is 6.72. The molecular weight excluding hydrogens is 301 g/mol. The molecule has 1 fully saturated rings. The fourth-order valence-corrected chi connectivity index (χ4v) is 3.55. The number of thioether (sulfide) groups is 1. The number of benzene rings is 1. The van der Waals surface area contributed by atoms with Crippen molar-refractivity contribution in [2.75, 3.05) is 13.3 Å². The SMILES string of the molecule is CN=C(NCc1ccc(O)c(F)c1)NC1CCCC(SC)C1. The minimum atomic E-state index is -0.600. The number of nitrogens with zero attached hydrogens (tertiary/aromatic N) is 1. The van der Waals surface area contributed by atoms with Crippen LogP contribution in [0.3, 0.4) is 0 Å². The third kappa shape index (κ3) is 4.80. The van der Waals surface area contributed by atoms with Crippen LogP contribution in [0.25, 0.3) is 0 Å². The molecule has 1 aromatic carbocycles. The molecule has 1 aromatic rings. The Kier molecular flexibility index (Phi) is 6.36. The molecule has 0 amide bonds. The third-order valence-corrected chi connectivity index (χ3v) is 5.09. The van der Waals surface area contributed by atoms with Crippen LogP contribution >= 0.6 is 11.8 Å². The van der Waals surface area contributed by atoms with Crippen LogP contribution in [0.2, 0.25) is 0 Å². The minimum absolute atomic E-state index is 0.323. The maximum atomic E-state index is 13.3. The lowest BCUT2D eigenvalue weighted by Crippen LogP contribution is -2.45. The van der Waals surface area contributed by atoms with Gasteiger partial charge >= 0.3 is 0 Å². The normalized spacial score (nSPS) is 22.4. The van der Waals surface area contributed by atoms with Gasteiger partial charge in [0.25, 0.3) is 0 Å².